The van der Waals surface area contributed by atoms with Crippen molar-refractivity contribution >= 4 is 12.0 Å². The van der Waals surface area contributed by atoms with E-state index in [9.17, 15) is 4.79 Å². The zero-order valence-electron chi connectivity index (χ0n) is 10.6. The highest BCUT2D eigenvalue weighted by molar-refractivity contribution is 5.84. The van der Waals surface area contributed by atoms with Gasteiger partial charge in [-0.3, -0.25) is 4.98 Å². The van der Waals surface area contributed by atoms with E-state index in [0.717, 1.165) is 18.2 Å². The van der Waals surface area contributed by atoms with Gasteiger partial charge < -0.3 is 9.84 Å². The molecule has 0 spiro atoms. The quantitative estimate of drug-likeness (QED) is 0.568. The molecule has 1 heterocycles. The minimum atomic E-state index is -0.979. The number of unbranched alkanes of at least 4 members (excludes halogenated alkanes) is 3. The lowest BCUT2D eigenvalue weighted by Crippen LogP contribution is -1.97. The molecular weight excluding hydrogens is 230 g/mol. The smallest absolute Gasteiger partial charge is 0.328 e. The van der Waals surface area contributed by atoms with E-state index in [2.05, 4.69) is 11.9 Å². The van der Waals surface area contributed by atoms with Gasteiger partial charge in [-0.25, -0.2) is 4.79 Å². The number of pyridine rings is 1. The first kappa shape index (κ1) is 14.2. The number of hydrogen-bond acceptors (Lipinski definition) is 3. The van der Waals surface area contributed by atoms with E-state index >= 15 is 0 Å². The summed E-state index contributed by atoms with van der Waals surface area (Å²) >= 11 is 0. The van der Waals surface area contributed by atoms with E-state index in [1.54, 1.807) is 18.3 Å². The Morgan fingerprint density at radius 3 is 2.83 bits per heavy atom. The Bertz CT molecular complexity index is 385. The van der Waals surface area contributed by atoms with Crippen LogP contribution in [0.3, 0.4) is 0 Å². The van der Waals surface area contributed by atoms with Crippen LogP contribution in [0.4, 0.5) is 0 Å². The number of carbonyl (C=O) groups is 1. The molecule has 1 aromatic rings. The molecule has 0 saturated heterocycles. The molecule has 0 amide bonds. The highest BCUT2D eigenvalue weighted by Gasteiger charge is 1.95. The Morgan fingerprint density at radius 2 is 2.22 bits per heavy atom. The van der Waals surface area contributed by atoms with Crippen LogP contribution in [0.2, 0.25) is 0 Å². The number of rotatable bonds is 8. The molecule has 0 aliphatic rings. The van der Waals surface area contributed by atoms with Crippen molar-refractivity contribution in [1.29, 1.82) is 0 Å². The minimum absolute atomic E-state index is 0.607. The number of ether oxygens (including phenoxy) is 1. The second-order valence-corrected chi connectivity index (χ2v) is 4.00. The van der Waals surface area contributed by atoms with E-state index in [4.69, 9.17) is 9.84 Å². The van der Waals surface area contributed by atoms with Crippen LogP contribution in [0.25, 0.3) is 6.08 Å². The van der Waals surface area contributed by atoms with Crippen LogP contribution in [0.1, 0.15) is 38.3 Å². The average molecular weight is 249 g/mol. The summed E-state index contributed by atoms with van der Waals surface area (Å²) in [5.74, 6) is -0.257. The third-order valence-electron chi connectivity index (χ3n) is 2.42. The third kappa shape index (κ3) is 6.03. The zero-order valence-corrected chi connectivity index (χ0v) is 10.6. The summed E-state index contributed by atoms with van der Waals surface area (Å²) in [5, 5.41) is 8.48. The molecule has 0 aromatic carbocycles. The molecular formula is C14H19NO3. The summed E-state index contributed by atoms with van der Waals surface area (Å²) in [6.45, 7) is 2.88. The maximum atomic E-state index is 10.3. The Balaban J connectivity index is 2.34. The van der Waals surface area contributed by atoms with Crippen LogP contribution in [-0.4, -0.2) is 22.7 Å². The molecule has 0 fully saturated rings. The maximum Gasteiger partial charge on any atom is 0.328 e. The molecule has 18 heavy (non-hydrogen) atoms. The zero-order chi connectivity index (χ0) is 13.2. The van der Waals surface area contributed by atoms with Crippen LogP contribution < -0.4 is 4.74 Å². The monoisotopic (exact) mass is 249 g/mol. The Kier molecular flexibility index (Phi) is 6.54. The van der Waals surface area contributed by atoms with Crippen molar-refractivity contribution in [3.63, 3.8) is 0 Å². The number of carboxylic acid groups (broad SMARTS) is 1. The fourth-order valence-corrected chi connectivity index (χ4v) is 1.45. The molecule has 0 radical (unpaired) electrons. The lowest BCUT2D eigenvalue weighted by Gasteiger charge is -2.05. The van der Waals surface area contributed by atoms with Gasteiger partial charge in [0, 0.05) is 6.08 Å². The number of hydrogen-bond donors (Lipinski definition) is 1. The third-order valence-corrected chi connectivity index (χ3v) is 2.42. The lowest BCUT2D eigenvalue weighted by molar-refractivity contribution is -0.131. The van der Waals surface area contributed by atoms with Gasteiger partial charge in [0.1, 0.15) is 5.75 Å². The summed E-state index contributed by atoms with van der Waals surface area (Å²) in [4.78, 5) is 14.4. The molecule has 1 N–H and O–H groups in total. The lowest BCUT2D eigenvalue weighted by atomic mass is 10.2. The average Bonchev–Trinajstić information content (AvgIpc) is 2.37. The van der Waals surface area contributed by atoms with Crippen molar-refractivity contribution in [1.82, 2.24) is 4.98 Å². The van der Waals surface area contributed by atoms with Gasteiger partial charge in [0.15, 0.2) is 0 Å². The molecule has 4 nitrogen and oxygen atoms in total. The first-order chi connectivity index (χ1) is 8.72. The van der Waals surface area contributed by atoms with Gasteiger partial charge in [0.25, 0.3) is 0 Å². The first-order valence-corrected chi connectivity index (χ1v) is 6.22. The predicted octanol–water partition coefficient (Wildman–Crippen LogP) is 3.14. The molecule has 0 atom stereocenters. The predicted molar refractivity (Wildman–Crippen MR) is 70.5 cm³/mol. The van der Waals surface area contributed by atoms with Gasteiger partial charge in [-0.15, -0.1) is 0 Å². The summed E-state index contributed by atoms with van der Waals surface area (Å²) in [6.07, 6.45) is 8.81. The van der Waals surface area contributed by atoms with Crippen LogP contribution in [0.5, 0.6) is 5.75 Å². The molecule has 0 saturated carbocycles. The highest BCUT2D eigenvalue weighted by atomic mass is 16.5. The summed E-state index contributed by atoms with van der Waals surface area (Å²) < 4.78 is 5.53. The van der Waals surface area contributed by atoms with Gasteiger partial charge in [0.2, 0.25) is 0 Å². The summed E-state index contributed by atoms with van der Waals surface area (Å²) in [5.41, 5.74) is 0.607. The highest BCUT2D eigenvalue weighted by Crippen LogP contribution is 2.11. The second-order valence-electron chi connectivity index (χ2n) is 4.00. The molecule has 0 bridgehead atoms. The number of carboxylic acids is 1. The SMILES string of the molecule is CCCCCCOc1ccc(C=CC(=O)O)nc1. The van der Waals surface area contributed by atoms with E-state index in [-0.39, 0.29) is 0 Å². The topological polar surface area (TPSA) is 59.4 Å². The summed E-state index contributed by atoms with van der Waals surface area (Å²) in [7, 11) is 0. The van der Waals surface area contributed by atoms with Gasteiger partial charge >= 0.3 is 5.97 Å². The molecule has 1 rings (SSSR count). The number of aromatic nitrogens is 1. The maximum absolute atomic E-state index is 10.3. The van der Waals surface area contributed by atoms with E-state index in [0.29, 0.717) is 12.3 Å². The Hall–Kier alpha value is -1.84. The molecule has 1 aromatic heterocycles. The van der Waals surface area contributed by atoms with Crippen molar-refractivity contribution < 1.29 is 14.6 Å². The van der Waals surface area contributed by atoms with Crippen molar-refractivity contribution in [3.8, 4) is 5.75 Å². The van der Waals surface area contributed by atoms with Gasteiger partial charge in [-0.1, -0.05) is 26.2 Å². The molecule has 0 unspecified atom stereocenters. The fourth-order valence-electron chi connectivity index (χ4n) is 1.45. The van der Waals surface area contributed by atoms with Crippen molar-refractivity contribution in [2.45, 2.75) is 32.6 Å². The van der Waals surface area contributed by atoms with Gasteiger partial charge in [0.05, 0.1) is 18.5 Å². The van der Waals surface area contributed by atoms with E-state index in [1.165, 1.54) is 25.3 Å². The molecule has 98 valence electrons. The minimum Gasteiger partial charge on any atom is -0.492 e. The largest absolute Gasteiger partial charge is 0.492 e. The van der Waals surface area contributed by atoms with Crippen LogP contribution >= 0.6 is 0 Å². The Labute approximate surface area is 107 Å². The second kappa shape index (κ2) is 8.28. The molecule has 4 heteroatoms. The number of aliphatic carboxylic acids is 1. The van der Waals surface area contributed by atoms with E-state index in [1.807, 2.05) is 0 Å². The normalized spacial score (nSPS) is 10.7. The Morgan fingerprint density at radius 1 is 1.39 bits per heavy atom. The van der Waals surface area contributed by atoms with Crippen molar-refractivity contribution in [2.75, 3.05) is 6.61 Å². The van der Waals surface area contributed by atoms with Gasteiger partial charge in [-0.2, -0.15) is 0 Å². The summed E-state index contributed by atoms with van der Waals surface area (Å²) in [6, 6.07) is 3.54. The number of nitrogens with zero attached hydrogens (tertiary/aromatic N) is 1. The standard InChI is InChI=1S/C14H19NO3/c1-2-3-4-5-10-18-13-8-6-12(15-11-13)7-9-14(16)17/h6-9,11H,2-5,10H2,1H3,(H,16,17). The van der Waals surface area contributed by atoms with E-state index < -0.39 is 5.97 Å². The van der Waals surface area contributed by atoms with Crippen LogP contribution in [0, 0.1) is 0 Å². The van der Waals surface area contributed by atoms with Crippen molar-refractivity contribution in [2.24, 2.45) is 0 Å². The van der Waals surface area contributed by atoms with Crippen LogP contribution in [-0.2, 0) is 4.79 Å². The first-order valence-electron chi connectivity index (χ1n) is 6.22. The molecule has 0 aliphatic carbocycles. The fraction of sp³-hybridized carbons (Fsp3) is 0.429. The van der Waals surface area contributed by atoms with Gasteiger partial charge in [-0.05, 0) is 24.6 Å². The molecule has 0 aliphatic heterocycles. The van der Waals surface area contributed by atoms with Crippen LogP contribution in [0.15, 0.2) is 24.4 Å². The van der Waals surface area contributed by atoms with Crippen molar-refractivity contribution in [3.05, 3.63) is 30.1 Å².